The average molecular weight is 781 g/mol. The highest BCUT2D eigenvalue weighted by Gasteiger charge is 2.44. The molecule has 5 rings (SSSR count). The predicted octanol–water partition coefficient (Wildman–Crippen LogP) is 8.50. The van der Waals surface area contributed by atoms with Crippen molar-refractivity contribution in [2.45, 2.75) is 95.8 Å². The zero-order valence-corrected chi connectivity index (χ0v) is 32.3. The van der Waals surface area contributed by atoms with Crippen LogP contribution in [0, 0.1) is 23.1 Å². The number of benzene rings is 3. The van der Waals surface area contributed by atoms with Crippen LogP contribution in [0.15, 0.2) is 78.9 Å². The molecule has 0 radical (unpaired) electrons. The Hall–Kier alpha value is -4.91. The van der Waals surface area contributed by atoms with Gasteiger partial charge in [-0.2, -0.15) is 18.4 Å². The fraction of sp³-hybridized carbons (Fsp3) is 0.400. The Morgan fingerprint density at radius 1 is 0.982 bits per heavy atom. The summed E-state index contributed by atoms with van der Waals surface area (Å²) in [5.74, 6) is -1.73. The second kappa shape index (κ2) is 16.1. The van der Waals surface area contributed by atoms with Crippen molar-refractivity contribution in [2.24, 2.45) is 5.92 Å². The molecule has 2 atom stereocenters. The van der Waals surface area contributed by atoms with Crippen LogP contribution in [0.25, 0.3) is 0 Å². The molecule has 1 unspecified atom stereocenters. The summed E-state index contributed by atoms with van der Waals surface area (Å²) in [6.45, 7) is 10.5. The van der Waals surface area contributed by atoms with Gasteiger partial charge in [0, 0.05) is 29.5 Å². The number of halogens is 4. The standard InChI is InChI=1S/C40H44F4N6O4S/c1-37(2,3)49(25-28-10-8-7-9-11-28)36(52)54-50-33(23-34(47-50)40(42,43)44)35(51)46-32-22-30(18-19-31(32)41)39(21-20-26-12-13-26,48-55(53)38(4,5)6)29-16-14-27(24-45)15-17-29/h7-11,14-19,22-23,26,48H,12-13,20-21,25H2,1-6H3,(H,46,51)/t39-,55?/m0/s1. The molecule has 15 heteroatoms. The van der Waals surface area contributed by atoms with Crippen LogP contribution in [-0.2, 0) is 29.6 Å². The number of anilines is 1. The van der Waals surface area contributed by atoms with Crippen LogP contribution in [0.5, 0.6) is 0 Å². The van der Waals surface area contributed by atoms with E-state index in [0.717, 1.165) is 18.9 Å². The van der Waals surface area contributed by atoms with E-state index in [4.69, 9.17) is 4.84 Å². The summed E-state index contributed by atoms with van der Waals surface area (Å²) in [5.41, 5.74) is -2.67. The van der Waals surface area contributed by atoms with Crippen LogP contribution in [0.4, 0.5) is 28.0 Å². The Bertz CT molecular complexity index is 2030. The first-order chi connectivity index (χ1) is 25.7. The van der Waals surface area contributed by atoms with E-state index in [1.165, 1.54) is 17.0 Å². The fourth-order valence-corrected chi connectivity index (χ4v) is 6.82. The van der Waals surface area contributed by atoms with Gasteiger partial charge in [0.25, 0.3) is 5.91 Å². The molecule has 1 saturated carbocycles. The summed E-state index contributed by atoms with van der Waals surface area (Å²) in [6, 6.07) is 22.0. The number of nitrogens with zero attached hydrogens (tertiary/aromatic N) is 4. The number of aromatic nitrogens is 2. The summed E-state index contributed by atoms with van der Waals surface area (Å²) < 4.78 is 73.9. The number of carbonyl (C=O) groups is 2. The highest BCUT2D eigenvalue weighted by atomic mass is 32.2. The minimum absolute atomic E-state index is 0.0336. The first-order valence-corrected chi connectivity index (χ1v) is 18.9. The molecule has 2 N–H and O–H groups in total. The number of hydrogen-bond acceptors (Lipinski definition) is 7. The molecule has 3 aromatic carbocycles. The van der Waals surface area contributed by atoms with Gasteiger partial charge < -0.3 is 9.87 Å². The van der Waals surface area contributed by atoms with E-state index in [9.17, 15) is 32.6 Å². The number of nitriles is 1. The molecule has 2 amide bonds. The number of rotatable bonds is 12. The van der Waals surface area contributed by atoms with E-state index >= 15 is 4.39 Å². The summed E-state index contributed by atoms with van der Waals surface area (Å²) in [6.07, 6.45) is -2.94. The second-order valence-electron chi connectivity index (χ2n) is 15.6. The van der Waals surface area contributed by atoms with Gasteiger partial charge in [0.2, 0.25) is 0 Å². The predicted molar refractivity (Wildman–Crippen MR) is 200 cm³/mol. The molecule has 1 heterocycles. The number of alkyl halides is 3. The minimum Gasteiger partial charge on any atom is -0.598 e. The van der Waals surface area contributed by atoms with Crippen molar-refractivity contribution in [3.8, 4) is 6.07 Å². The maximum Gasteiger partial charge on any atom is 0.436 e. The zero-order valence-electron chi connectivity index (χ0n) is 31.5. The Morgan fingerprint density at radius 2 is 1.62 bits per heavy atom. The third kappa shape index (κ3) is 10.0. The largest absolute Gasteiger partial charge is 0.598 e. The van der Waals surface area contributed by atoms with Gasteiger partial charge in [0.15, 0.2) is 11.4 Å². The molecule has 1 aliphatic carbocycles. The van der Waals surface area contributed by atoms with Gasteiger partial charge in [-0.05, 0) is 101 Å². The van der Waals surface area contributed by atoms with Gasteiger partial charge in [-0.3, -0.25) is 14.5 Å². The number of hydrogen-bond donors (Lipinski definition) is 2. The second-order valence-corrected chi connectivity index (χ2v) is 17.6. The maximum atomic E-state index is 15.6. The fourth-order valence-electron chi connectivity index (χ4n) is 5.86. The number of nitrogens with one attached hydrogen (secondary N) is 2. The lowest BCUT2D eigenvalue weighted by Crippen LogP contribution is -2.52. The van der Waals surface area contributed by atoms with Crippen LogP contribution in [-0.4, -0.2) is 41.7 Å². The van der Waals surface area contributed by atoms with Crippen molar-refractivity contribution >= 4 is 29.0 Å². The van der Waals surface area contributed by atoms with E-state index in [-0.39, 0.29) is 11.4 Å². The molecular formula is C40H44F4N6O4S. The number of carbonyl (C=O) groups excluding carboxylic acids is 2. The topological polar surface area (TPSA) is 135 Å². The van der Waals surface area contributed by atoms with Crippen LogP contribution < -0.4 is 14.9 Å². The molecular weight excluding hydrogens is 737 g/mol. The first-order valence-electron chi connectivity index (χ1n) is 17.7. The van der Waals surface area contributed by atoms with Gasteiger partial charge in [-0.25, -0.2) is 9.18 Å². The van der Waals surface area contributed by atoms with Crippen molar-refractivity contribution in [1.29, 1.82) is 5.26 Å². The molecule has 1 aromatic heterocycles. The highest BCUT2D eigenvalue weighted by Crippen LogP contribution is 2.43. The van der Waals surface area contributed by atoms with Crippen LogP contribution in [0.3, 0.4) is 0 Å². The van der Waals surface area contributed by atoms with Crippen molar-refractivity contribution < 1.29 is 36.5 Å². The van der Waals surface area contributed by atoms with Crippen molar-refractivity contribution in [1.82, 2.24) is 19.6 Å². The minimum atomic E-state index is -5.03. The molecule has 0 saturated heterocycles. The SMILES string of the molecule is CC(C)(C)N(Cc1ccccc1)C(=O)On1nc(C(F)(F)F)cc1C(=O)Nc1cc([C@@](CCC2CC2)(N[S+]([O-])C(C)(C)C)c2ccc(C#N)cc2)ccc1F. The molecule has 1 fully saturated rings. The monoisotopic (exact) mass is 780 g/mol. The Kier molecular flexibility index (Phi) is 12.0. The van der Waals surface area contributed by atoms with Crippen LogP contribution in [0.1, 0.15) is 106 Å². The molecule has 1 aliphatic rings. The first kappa shape index (κ1) is 41.3. The Labute approximate surface area is 321 Å². The third-order valence-electron chi connectivity index (χ3n) is 9.24. The summed E-state index contributed by atoms with van der Waals surface area (Å²) in [5, 5.41) is 15.2. The van der Waals surface area contributed by atoms with Gasteiger partial charge in [0.1, 0.15) is 16.1 Å². The molecule has 4 aromatic rings. The van der Waals surface area contributed by atoms with E-state index < -0.39 is 68.3 Å². The molecule has 55 heavy (non-hydrogen) atoms. The maximum absolute atomic E-state index is 15.6. The molecule has 0 aliphatic heterocycles. The lowest BCUT2D eigenvalue weighted by Gasteiger charge is -2.39. The quantitative estimate of drug-likeness (QED) is 0.109. The van der Waals surface area contributed by atoms with Gasteiger partial charge >= 0.3 is 12.3 Å². The lowest BCUT2D eigenvalue weighted by atomic mass is 9.79. The average Bonchev–Trinajstić information content (AvgIpc) is 3.85. The molecule has 0 spiro atoms. The molecule has 0 bridgehead atoms. The zero-order chi connectivity index (χ0) is 40.3. The Balaban J connectivity index is 1.54. The summed E-state index contributed by atoms with van der Waals surface area (Å²) in [4.78, 5) is 34.1. The summed E-state index contributed by atoms with van der Waals surface area (Å²) in [7, 11) is 0. The molecule has 10 nitrogen and oxygen atoms in total. The van der Waals surface area contributed by atoms with E-state index in [1.807, 2.05) is 0 Å². The van der Waals surface area contributed by atoms with Crippen LogP contribution >= 0.6 is 0 Å². The van der Waals surface area contributed by atoms with Gasteiger partial charge in [-0.1, -0.05) is 66.2 Å². The summed E-state index contributed by atoms with van der Waals surface area (Å²) >= 11 is -1.67. The Morgan fingerprint density at radius 3 is 2.18 bits per heavy atom. The lowest BCUT2D eigenvalue weighted by molar-refractivity contribution is -0.142. The van der Waals surface area contributed by atoms with E-state index in [0.29, 0.717) is 47.1 Å². The van der Waals surface area contributed by atoms with E-state index in [2.05, 4.69) is 21.2 Å². The van der Waals surface area contributed by atoms with Gasteiger partial charge in [-0.15, -0.1) is 9.82 Å². The highest BCUT2D eigenvalue weighted by molar-refractivity contribution is 7.90. The van der Waals surface area contributed by atoms with Gasteiger partial charge in [0.05, 0.1) is 17.3 Å². The van der Waals surface area contributed by atoms with Crippen molar-refractivity contribution in [3.63, 3.8) is 0 Å². The normalized spacial score (nSPS) is 15.1. The number of amides is 2. The smallest absolute Gasteiger partial charge is 0.436 e. The van der Waals surface area contributed by atoms with E-state index in [1.54, 1.807) is 96.1 Å². The van der Waals surface area contributed by atoms with Crippen molar-refractivity contribution in [3.05, 3.63) is 118 Å². The van der Waals surface area contributed by atoms with Crippen molar-refractivity contribution in [2.75, 3.05) is 5.32 Å². The third-order valence-corrected chi connectivity index (χ3v) is 10.9. The van der Waals surface area contributed by atoms with Crippen LogP contribution in [0.2, 0.25) is 0 Å². The molecule has 292 valence electrons.